The van der Waals surface area contributed by atoms with Crippen molar-refractivity contribution < 1.29 is 9.59 Å². The van der Waals surface area contributed by atoms with E-state index >= 15 is 0 Å². The first-order valence-corrected chi connectivity index (χ1v) is 11.7. The molecule has 0 radical (unpaired) electrons. The van der Waals surface area contributed by atoms with E-state index in [2.05, 4.69) is 79.8 Å². The van der Waals surface area contributed by atoms with Gasteiger partial charge in [-0.1, -0.05) is 79.8 Å². The van der Waals surface area contributed by atoms with Gasteiger partial charge in [0.15, 0.2) is 0 Å². The first-order chi connectivity index (χ1) is 15.6. The third-order valence-corrected chi connectivity index (χ3v) is 4.62. The molecule has 0 aliphatic heterocycles. The second-order valence-electron chi connectivity index (χ2n) is 7.65. The van der Waals surface area contributed by atoms with E-state index in [1.54, 1.807) is 23.9 Å². The molecule has 0 amide bonds. The summed E-state index contributed by atoms with van der Waals surface area (Å²) in [5, 5.41) is 0. The summed E-state index contributed by atoms with van der Waals surface area (Å²) in [4.78, 5) is 23.3. The number of carbonyl (C=O) groups excluding carboxylic acids is 2. The van der Waals surface area contributed by atoms with Gasteiger partial charge < -0.3 is 0 Å². The number of Topliss-reactive ketones (excluding diaryl/α,β-unsaturated/α-hetero) is 1. The summed E-state index contributed by atoms with van der Waals surface area (Å²) >= 11 is 0. The van der Waals surface area contributed by atoms with Crippen LogP contribution in [0.15, 0.2) is 91.4 Å². The van der Waals surface area contributed by atoms with Crippen LogP contribution in [-0.4, -0.2) is 16.3 Å². The maximum absolute atomic E-state index is 12.1. The van der Waals surface area contributed by atoms with Crippen LogP contribution in [0.1, 0.15) is 75.6 Å². The highest BCUT2D eigenvalue weighted by atomic mass is 16.2. The molecule has 1 rings (SSSR count). The maximum atomic E-state index is 12.1. The molecule has 0 aromatic carbocycles. The van der Waals surface area contributed by atoms with Crippen LogP contribution in [0.2, 0.25) is 0 Å². The lowest BCUT2D eigenvalue weighted by Crippen LogP contribution is -2.07. The highest BCUT2D eigenvalue weighted by Crippen LogP contribution is 2.06. The molecule has 0 unspecified atom stereocenters. The molecule has 3 nitrogen and oxygen atoms in total. The lowest BCUT2D eigenvalue weighted by atomic mass is 10.2. The normalized spacial score (nSPS) is 12.7. The molecular formula is C29H39NO2. The van der Waals surface area contributed by atoms with Crippen LogP contribution in [0.4, 0.5) is 0 Å². The quantitative estimate of drug-likeness (QED) is 0.250. The topological polar surface area (TPSA) is 39.1 Å². The lowest BCUT2D eigenvalue weighted by Gasteiger charge is -1.99. The van der Waals surface area contributed by atoms with Crippen LogP contribution in [0, 0.1) is 0 Å². The minimum Gasteiger partial charge on any atom is -0.300 e. The largest absolute Gasteiger partial charge is 0.300 e. The minimum atomic E-state index is 0.0549. The molecule has 0 aliphatic carbocycles. The molecule has 0 aliphatic rings. The van der Waals surface area contributed by atoms with E-state index in [0.29, 0.717) is 12.8 Å². The Hall–Kier alpha value is -2.94. The van der Waals surface area contributed by atoms with Gasteiger partial charge in [-0.15, -0.1) is 0 Å². The van der Waals surface area contributed by atoms with Gasteiger partial charge in [0.25, 0.3) is 0 Å². The van der Waals surface area contributed by atoms with Gasteiger partial charge in [-0.2, -0.15) is 0 Å². The van der Waals surface area contributed by atoms with Crippen molar-refractivity contribution in [3.63, 3.8) is 0 Å². The van der Waals surface area contributed by atoms with Gasteiger partial charge in [-0.05, 0) is 63.5 Å². The van der Waals surface area contributed by atoms with Crippen molar-refractivity contribution in [1.29, 1.82) is 0 Å². The Morgan fingerprint density at radius 1 is 0.750 bits per heavy atom. The van der Waals surface area contributed by atoms with Crippen LogP contribution >= 0.6 is 0 Å². The van der Waals surface area contributed by atoms with Crippen molar-refractivity contribution in [2.75, 3.05) is 0 Å². The second kappa shape index (κ2) is 18.8. The van der Waals surface area contributed by atoms with Crippen molar-refractivity contribution in [2.24, 2.45) is 0 Å². The predicted molar refractivity (Wildman–Crippen MR) is 137 cm³/mol. The number of rotatable bonds is 16. The van der Waals surface area contributed by atoms with Crippen molar-refractivity contribution >= 4 is 11.7 Å². The standard InChI is InChI=1S/C29H39NO2/c1-3-4-5-6-7-8-9-10-11-12-13-14-15-16-17-18-19-20-21-22-29(32)30-24-23-28(26-30)25-27(2)31/h4-5,7-8,10-11,13-14,16-17,19-20,23-24,26H,3,6,9,12,15,18,21-22,25H2,1-2H3/b5-4-,8-7-,11-10-,14-13-,17-16-,20-19-. The van der Waals surface area contributed by atoms with Gasteiger partial charge in [0.1, 0.15) is 5.78 Å². The summed E-state index contributed by atoms with van der Waals surface area (Å²) in [7, 11) is 0. The van der Waals surface area contributed by atoms with Crippen LogP contribution in [0.3, 0.4) is 0 Å². The van der Waals surface area contributed by atoms with E-state index in [4.69, 9.17) is 0 Å². The average molecular weight is 434 g/mol. The Labute approximate surface area is 194 Å². The third kappa shape index (κ3) is 15.0. The number of nitrogens with zero attached hydrogens (tertiary/aromatic N) is 1. The predicted octanol–water partition coefficient (Wildman–Crippen LogP) is 7.74. The molecule has 0 saturated carbocycles. The maximum Gasteiger partial charge on any atom is 0.230 e. The van der Waals surface area contributed by atoms with Gasteiger partial charge in [0.2, 0.25) is 5.91 Å². The Balaban J connectivity index is 2.06. The van der Waals surface area contributed by atoms with E-state index in [-0.39, 0.29) is 11.7 Å². The molecule has 0 fully saturated rings. The van der Waals surface area contributed by atoms with Gasteiger partial charge in [-0.3, -0.25) is 14.2 Å². The van der Waals surface area contributed by atoms with E-state index in [1.165, 1.54) is 0 Å². The van der Waals surface area contributed by atoms with E-state index < -0.39 is 0 Å². The highest BCUT2D eigenvalue weighted by molar-refractivity contribution is 5.81. The van der Waals surface area contributed by atoms with Gasteiger partial charge >= 0.3 is 0 Å². The van der Waals surface area contributed by atoms with Crippen LogP contribution in [0.25, 0.3) is 0 Å². The summed E-state index contributed by atoms with van der Waals surface area (Å²) in [6.07, 6.45) is 37.1. The van der Waals surface area contributed by atoms with Crippen molar-refractivity contribution in [2.45, 2.75) is 71.6 Å². The molecule has 0 N–H and O–H groups in total. The minimum absolute atomic E-state index is 0.0549. The number of carbonyl (C=O) groups is 2. The summed E-state index contributed by atoms with van der Waals surface area (Å²) in [6, 6.07) is 1.83. The second-order valence-corrected chi connectivity index (χ2v) is 7.65. The van der Waals surface area contributed by atoms with Crippen molar-refractivity contribution in [1.82, 2.24) is 4.57 Å². The van der Waals surface area contributed by atoms with Gasteiger partial charge in [-0.25, -0.2) is 0 Å². The van der Waals surface area contributed by atoms with Crippen LogP contribution in [-0.2, 0) is 11.2 Å². The number of allylic oxidation sites excluding steroid dienone is 12. The zero-order valence-corrected chi connectivity index (χ0v) is 19.8. The molecule has 3 heteroatoms. The zero-order valence-electron chi connectivity index (χ0n) is 19.8. The Morgan fingerprint density at radius 3 is 1.69 bits per heavy atom. The highest BCUT2D eigenvalue weighted by Gasteiger charge is 2.05. The summed E-state index contributed by atoms with van der Waals surface area (Å²) in [6.45, 7) is 3.71. The summed E-state index contributed by atoms with van der Waals surface area (Å²) in [5.41, 5.74) is 0.889. The Morgan fingerprint density at radius 2 is 1.22 bits per heavy atom. The average Bonchev–Trinajstić information content (AvgIpc) is 3.23. The zero-order chi connectivity index (χ0) is 23.3. The molecule has 32 heavy (non-hydrogen) atoms. The SMILES string of the molecule is CC/C=C\C/C=C\C/C=C\C/C=C\C/C=C\C/C=C\CCC(=O)n1ccc(CC(C)=O)c1. The number of hydrogen-bond donors (Lipinski definition) is 0. The molecule has 1 heterocycles. The molecule has 0 atom stereocenters. The van der Waals surface area contributed by atoms with Crippen molar-refractivity contribution in [3.8, 4) is 0 Å². The number of ketones is 1. The Kier molecular flexibility index (Phi) is 15.9. The summed E-state index contributed by atoms with van der Waals surface area (Å²) in [5.74, 6) is 0.160. The van der Waals surface area contributed by atoms with Crippen LogP contribution in [0.5, 0.6) is 0 Å². The summed E-state index contributed by atoms with van der Waals surface area (Å²) < 4.78 is 1.58. The van der Waals surface area contributed by atoms with Crippen molar-refractivity contribution in [3.05, 3.63) is 96.9 Å². The fourth-order valence-electron chi connectivity index (χ4n) is 2.96. The molecular weight excluding hydrogens is 394 g/mol. The first kappa shape index (κ1) is 27.1. The fraction of sp³-hybridized carbons (Fsp3) is 0.379. The van der Waals surface area contributed by atoms with Gasteiger partial charge in [0.05, 0.1) is 0 Å². The molecule has 0 bridgehead atoms. The van der Waals surface area contributed by atoms with E-state index in [9.17, 15) is 9.59 Å². The number of aromatic nitrogens is 1. The van der Waals surface area contributed by atoms with E-state index in [1.807, 2.05) is 6.07 Å². The molecule has 1 aromatic rings. The molecule has 1 aromatic heterocycles. The van der Waals surface area contributed by atoms with E-state index in [0.717, 1.165) is 50.5 Å². The molecule has 0 spiro atoms. The van der Waals surface area contributed by atoms with Crippen LogP contribution < -0.4 is 0 Å². The first-order valence-electron chi connectivity index (χ1n) is 11.7. The monoisotopic (exact) mass is 433 g/mol. The number of hydrogen-bond acceptors (Lipinski definition) is 2. The molecule has 172 valence electrons. The third-order valence-electron chi connectivity index (χ3n) is 4.62. The lowest BCUT2D eigenvalue weighted by molar-refractivity contribution is -0.116. The fourth-order valence-corrected chi connectivity index (χ4v) is 2.96. The van der Waals surface area contributed by atoms with Gasteiger partial charge in [0, 0.05) is 25.2 Å². The Bertz CT molecular complexity index is 831. The smallest absolute Gasteiger partial charge is 0.230 e. The molecule has 0 saturated heterocycles.